The van der Waals surface area contributed by atoms with Gasteiger partial charge in [0, 0.05) is 23.7 Å². The van der Waals surface area contributed by atoms with Crippen LogP contribution in [0.5, 0.6) is 0 Å². The molecular formula is C20H19ClFN3O. The molecule has 0 unspecified atom stereocenters. The first-order valence-corrected chi connectivity index (χ1v) is 8.83. The minimum absolute atomic E-state index is 0.153. The number of rotatable bonds is 5. The Morgan fingerprint density at radius 1 is 1.12 bits per heavy atom. The van der Waals surface area contributed by atoms with Gasteiger partial charge < -0.3 is 4.90 Å². The van der Waals surface area contributed by atoms with Gasteiger partial charge in [0.15, 0.2) is 0 Å². The van der Waals surface area contributed by atoms with Crippen LogP contribution in [0.2, 0.25) is 5.02 Å². The second-order valence-corrected chi connectivity index (χ2v) is 6.20. The molecule has 0 N–H and O–H groups in total. The highest BCUT2D eigenvalue weighted by Gasteiger charge is 2.22. The first-order valence-electron chi connectivity index (χ1n) is 8.45. The van der Waals surface area contributed by atoms with E-state index in [4.69, 9.17) is 11.6 Å². The lowest BCUT2D eigenvalue weighted by molar-refractivity contribution is 0.0764. The summed E-state index contributed by atoms with van der Waals surface area (Å²) in [6.45, 7) is 5.00. The summed E-state index contributed by atoms with van der Waals surface area (Å²) in [4.78, 5) is 14.6. The number of hydrogen-bond acceptors (Lipinski definition) is 2. The van der Waals surface area contributed by atoms with Crippen molar-refractivity contribution in [3.05, 3.63) is 71.1 Å². The maximum absolute atomic E-state index is 14.2. The van der Waals surface area contributed by atoms with Crippen molar-refractivity contribution < 1.29 is 9.18 Å². The fraction of sp³-hybridized carbons (Fsp3) is 0.200. The van der Waals surface area contributed by atoms with Gasteiger partial charge in [0.25, 0.3) is 5.91 Å². The molecule has 0 saturated carbocycles. The number of carbonyl (C=O) groups excluding carboxylic acids is 1. The van der Waals surface area contributed by atoms with Crippen molar-refractivity contribution in [1.82, 2.24) is 14.7 Å². The summed E-state index contributed by atoms with van der Waals surface area (Å²) in [5.74, 6) is -0.532. The normalized spacial score (nSPS) is 10.8. The summed E-state index contributed by atoms with van der Waals surface area (Å²) in [5, 5.41) is 5.09. The summed E-state index contributed by atoms with van der Waals surface area (Å²) < 4.78 is 15.7. The first-order chi connectivity index (χ1) is 12.5. The predicted octanol–water partition coefficient (Wildman–Crippen LogP) is 4.81. The van der Waals surface area contributed by atoms with Gasteiger partial charge in [-0.1, -0.05) is 23.7 Å². The van der Waals surface area contributed by atoms with Crippen LogP contribution in [0.1, 0.15) is 24.3 Å². The summed E-state index contributed by atoms with van der Waals surface area (Å²) >= 11 is 5.96. The molecule has 2 aromatic carbocycles. The molecule has 0 saturated heterocycles. The average molecular weight is 372 g/mol. The van der Waals surface area contributed by atoms with E-state index in [1.54, 1.807) is 58.1 Å². The Kier molecular flexibility index (Phi) is 5.38. The van der Waals surface area contributed by atoms with Crippen LogP contribution in [0, 0.1) is 5.82 Å². The summed E-state index contributed by atoms with van der Waals surface area (Å²) in [6.07, 6.45) is 0. The monoisotopic (exact) mass is 371 g/mol. The standard InChI is InChI=1S/C20H19ClFN3O/c1-3-24(4-2)20(26)19-13-18(16-7-5-6-8-17(16)22)23-25(19)15-11-9-14(21)10-12-15/h5-13H,3-4H2,1-2H3. The van der Waals surface area contributed by atoms with Crippen molar-refractivity contribution in [1.29, 1.82) is 0 Å². The van der Waals surface area contributed by atoms with Gasteiger partial charge in [-0.15, -0.1) is 0 Å². The Morgan fingerprint density at radius 2 is 1.77 bits per heavy atom. The molecule has 3 rings (SSSR count). The number of aromatic nitrogens is 2. The van der Waals surface area contributed by atoms with Gasteiger partial charge in [-0.2, -0.15) is 5.10 Å². The number of amides is 1. The van der Waals surface area contributed by atoms with Crippen LogP contribution >= 0.6 is 11.6 Å². The van der Waals surface area contributed by atoms with E-state index in [1.807, 2.05) is 13.8 Å². The van der Waals surface area contributed by atoms with Crippen molar-refractivity contribution in [2.45, 2.75) is 13.8 Å². The highest BCUT2D eigenvalue weighted by Crippen LogP contribution is 2.25. The minimum atomic E-state index is -0.380. The van der Waals surface area contributed by atoms with Crippen LogP contribution in [-0.4, -0.2) is 33.7 Å². The lowest BCUT2D eigenvalue weighted by Gasteiger charge is -2.19. The van der Waals surface area contributed by atoms with E-state index in [1.165, 1.54) is 6.07 Å². The van der Waals surface area contributed by atoms with Gasteiger partial charge in [0.05, 0.1) is 11.4 Å². The van der Waals surface area contributed by atoms with Crippen LogP contribution < -0.4 is 0 Å². The molecule has 0 aliphatic heterocycles. The molecule has 1 amide bonds. The largest absolute Gasteiger partial charge is 0.338 e. The zero-order chi connectivity index (χ0) is 18.7. The summed E-state index contributed by atoms with van der Waals surface area (Å²) in [6, 6.07) is 15.0. The fourth-order valence-electron chi connectivity index (χ4n) is 2.79. The molecule has 0 bridgehead atoms. The van der Waals surface area contributed by atoms with Gasteiger partial charge in [-0.3, -0.25) is 4.79 Å². The predicted molar refractivity (Wildman–Crippen MR) is 101 cm³/mol. The van der Waals surface area contributed by atoms with Gasteiger partial charge >= 0.3 is 0 Å². The molecule has 1 aromatic heterocycles. The maximum atomic E-state index is 14.2. The molecule has 0 aliphatic carbocycles. The maximum Gasteiger partial charge on any atom is 0.272 e. The van der Waals surface area contributed by atoms with Crippen molar-refractivity contribution in [2.75, 3.05) is 13.1 Å². The van der Waals surface area contributed by atoms with Gasteiger partial charge in [-0.25, -0.2) is 9.07 Å². The van der Waals surface area contributed by atoms with Crippen molar-refractivity contribution in [3.8, 4) is 16.9 Å². The summed E-state index contributed by atoms with van der Waals surface area (Å²) in [5.41, 5.74) is 1.84. The van der Waals surface area contributed by atoms with Gasteiger partial charge in [0.2, 0.25) is 0 Å². The van der Waals surface area contributed by atoms with Crippen LogP contribution in [0.3, 0.4) is 0 Å². The third-order valence-electron chi connectivity index (χ3n) is 4.20. The fourth-order valence-corrected chi connectivity index (χ4v) is 2.91. The Bertz CT molecular complexity index is 917. The van der Waals surface area contributed by atoms with Gasteiger partial charge in [-0.05, 0) is 56.3 Å². The number of nitrogens with zero attached hydrogens (tertiary/aromatic N) is 3. The van der Waals surface area contributed by atoms with E-state index < -0.39 is 0 Å². The lowest BCUT2D eigenvalue weighted by Crippen LogP contribution is -2.32. The van der Waals surface area contributed by atoms with Crippen molar-refractivity contribution >= 4 is 17.5 Å². The van der Waals surface area contributed by atoms with E-state index in [9.17, 15) is 9.18 Å². The van der Waals surface area contributed by atoms with E-state index in [2.05, 4.69) is 5.10 Å². The molecule has 0 radical (unpaired) electrons. The highest BCUT2D eigenvalue weighted by atomic mass is 35.5. The molecule has 4 nitrogen and oxygen atoms in total. The second-order valence-electron chi connectivity index (χ2n) is 5.76. The molecule has 0 aliphatic rings. The molecule has 6 heteroatoms. The summed E-state index contributed by atoms with van der Waals surface area (Å²) in [7, 11) is 0. The molecule has 1 heterocycles. The Balaban J connectivity index is 2.16. The van der Waals surface area contributed by atoms with Crippen molar-refractivity contribution in [3.63, 3.8) is 0 Å². The molecule has 0 fully saturated rings. The zero-order valence-electron chi connectivity index (χ0n) is 14.6. The van der Waals surface area contributed by atoms with Crippen LogP contribution in [0.25, 0.3) is 16.9 Å². The lowest BCUT2D eigenvalue weighted by atomic mass is 10.1. The van der Waals surface area contributed by atoms with E-state index in [-0.39, 0.29) is 11.7 Å². The topological polar surface area (TPSA) is 38.1 Å². The average Bonchev–Trinajstić information content (AvgIpc) is 3.08. The highest BCUT2D eigenvalue weighted by molar-refractivity contribution is 6.30. The molecular weight excluding hydrogens is 353 g/mol. The number of hydrogen-bond donors (Lipinski definition) is 0. The molecule has 0 spiro atoms. The molecule has 3 aromatic rings. The van der Waals surface area contributed by atoms with Crippen LogP contribution in [0.15, 0.2) is 54.6 Å². The van der Waals surface area contributed by atoms with Crippen LogP contribution in [-0.2, 0) is 0 Å². The Labute approximate surface area is 156 Å². The van der Waals surface area contributed by atoms with Crippen molar-refractivity contribution in [2.24, 2.45) is 0 Å². The van der Waals surface area contributed by atoms with E-state index in [0.29, 0.717) is 40.8 Å². The van der Waals surface area contributed by atoms with E-state index in [0.717, 1.165) is 0 Å². The first kappa shape index (κ1) is 18.1. The van der Waals surface area contributed by atoms with Crippen LogP contribution in [0.4, 0.5) is 4.39 Å². The molecule has 134 valence electrons. The van der Waals surface area contributed by atoms with E-state index >= 15 is 0 Å². The smallest absolute Gasteiger partial charge is 0.272 e. The quantitative estimate of drug-likeness (QED) is 0.645. The second kappa shape index (κ2) is 7.70. The van der Waals surface area contributed by atoms with Gasteiger partial charge in [0.1, 0.15) is 11.5 Å². The zero-order valence-corrected chi connectivity index (χ0v) is 15.4. The Hall–Kier alpha value is -2.66. The minimum Gasteiger partial charge on any atom is -0.338 e. The third kappa shape index (κ3) is 3.48. The SMILES string of the molecule is CCN(CC)C(=O)c1cc(-c2ccccc2F)nn1-c1ccc(Cl)cc1. The number of carbonyl (C=O) groups is 1. The number of benzene rings is 2. The third-order valence-corrected chi connectivity index (χ3v) is 4.45. The molecule has 0 atom stereocenters. The number of halogens is 2. The Morgan fingerprint density at radius 3 is 2.38 bits per heavy atom. The molecule has 26 heavy (non-hydrogen) atoms.